The number of thioether (sulfide) groups is 1. The van der Waals surface area contributed by atoms with E-state index in [1.807, 2.05) is 0 Å². The van der Waals surface area contributed by atoms with E-state index in [1.54, 1.807) is 24.4 Å². The van der Waals surface area contributed by atoms with Crippen LogP contribution in [0.2, 0.25) is 0 Å². The van der Waals surface area contributed by atoms with Crippen LogP contribution in [0.3, 0.4) is 0 Å². The van der Waals surface area contributed by atoms with Gasteiger partial charge in [-0.25, -0.2) is 9.66 Å². The van der Waals surface area contributed by atoms with Gasteiger partial charge in [-0.1, -0.05) is 6.07 Å². The first-order valence-electron chi connectivity index (χ1n) is 8.06. The van der Waals surface area contributed by atoms with Gasteiger partial charge in [0, 0.05) is 11.8 Å². The molecule has 146 valence electrons. The van der Waals surface area contributed by atoms with Gasteiger partial charge in [-0.05, 0) is 30.0 Å². The maximum Gasteiger partial charge on any atom is 0.311 e. The summed E-state index contributed by atoms with van der Waals surface area (Å²) in [4.78, 5) is 40.1. The fourth-order valence-electron chi connectivity index (χ4n) is 2.53. The van der Waals surface area contributed by atoms with Gasteiger partial charge in [0.15, 0.2) is 5.75 Å². The first-order chi connectivity index (χ1) is 13.4. The first kappa shape index (κ1) is 19.8. The van der Waals surface area contributed by atoms with Crippen LogP contribution in [0.4, 0.5) is 5.69 Å². The number of nitro groups is 1. The number of methoxy groups -OCH3 is 1. The van der Waals surface area contributed by atoms with E-state index in [0.717, 1.165) is 4.68 Å². The van der Waals surface area contributed by atoms with Gasteiger partial charge in [0.05, 0.1) is 23.2 Å². The van der Waals surface area contributed by atoms with E-state index in [-0.39, 0.29) is 28.7 Å². The molecular weight excluding hydrogens is 404 g/mol. The molecule has 0 bridgehead atoms. The Hall–Kier alpha value is -2.92. The van der Waals surface area contributed by atoms with Gasteiger partial charge in [0.25, 0.3) is 5.56 Å². The molecule has 0 saturated heterocycles. The van der Waals surface area contributed by atoms with Gasteiger partial charge in [-0.15, -0.1) is 23.1 Å². The van der Waals surface area contributed by atoms with Crippen molar-refractivity contribution < 1.29 is 14.5 Å². The molecule has 2 aromatic heterocycles. The van der Waals surface area contributed by atoms with Crippen molar-refractivity contribution in [2.24, 2.45) is 0 Å². The van der Waals surface area contributed by atoms with Crippen molar-refractivity contribution >= 4 is 44.9 Å². The summed E-state index contributed by atoms with van der Waals surface area (Å²) < 4.78 is 6.10. The maximum absolute atomic E-state index is 12.4. The van der Waals surface area contributed by atoms with Crippen LogP contribution >= 0.6 is 23.1 Å². The van der Waals surface area contributed by atoms with E-state index in [2.05, 4.69) is 10.4 Å². The van der Waals surface area contributed by atoms with Gasteiger partial charge in [0.1, 0.15) is 10.7 Å². The highest BCUT2D eigenvalue weighted by Gasteiger charge is 2.16. The molecule has 0 spiro atoms. The minimum absolute atomic E-state index is 0.0768. The highest BCUT2D eigenvalue weighted by Crippen LogP contribution is 2.28. The van der Waals surface area contributed by atoms with Crippen molar-refractivity contribution in [1.82, 2.24) is 9.66 Å². The largest absolute Gasteiger partial charge is 0.490 e. The lowest BCUT2D eigenvalue weighted by molar-refractivity contribution is -0.385. The molecule has 0 aliphatic rings. The molecule has 0 aliphatic carbocycles. The van der Waals surface area contributed by atoms with Crippen molar-refractivity contribution in [3.05, 3.63) is 61.5 Å². The average molecular weight is 420 g/mol. The summed E-state index contributed by atoms with van der Waals surface area (Å²) in [5.41, 5.74) is 2.80. The summed E-state index contributed by atoms with van der Waals surface area (Å²) in [6.07, 6.45) is 0. The maximum atomic E-state index is 12.4. The SMILES string of the molecule is COc1ccc(CSCC(=O)Nn2c(C)nc3sccc3c2=O)cc1[N+](=O)[O-]. The summed E-state index contributed by atoms with van der Waals surface area (Å²) in [5, 5.41) is 13.3. The Morgan fingerprint density at radius 2 is 2.21 bits per heavy atom. The molecule has 0 atom stereocenters. The van der Waals surface area contributed by atoms with Crippen LogP contribution in [0.15, 0.2) is 34.4 Å². The van der Waals surface area contributed by atoms with Crippen molar-refractivity contribution in [2.75, 3.05) is 18.3 Å². The number of hydrogen-bond donors (Lipinski definition) is 1. The van der Waals surface area contributed by atoms with Crippen molar-refractivity contribution in [2.45, 2.75) is 12.7 Å². The normalized spacial score (nSPS) is 10.8. The quantitative estimate of drug-likeness (QED) is 0.461. The Labute approximate surface area is 167 Å². The Bertz CT molecular complexity index is 1110. The number of nitrogens with one attached hydrogen (secondary N) is 1. The van der Waals surface area contributed by atoms with E-state index < -0.39 is 4.92 Å². The molecule has 0 saturated carbocycles. The third kappa shape index (κ3) is 4.15. The second-order valence-electron chi connectivity index (χ2n) is 5.73. The van der Waals surface area contributed by atoms with E-state index in [9.17, 15) is 19.7 Å². The molecule has 9 nitrogen and oxygen atoms in total. The molecule has 0 radical (unpaired) electrons. The molecule has 3 rings (SSSR count). The van der Waals surface area contributed by atoms with Crippen LogP contribution in [0.25, 0.3) is 10.2 Å². The zero-order valence-corrected chi connectivity index (χ0v) is 16.6. The standard InChI is InChI=1S/C17H16N4O5S2/c1-10-18-16-12(5-6-28-16)17(23)20(10)19-15(22)9-27-8-11-3-4-14(26-2)13(7-11)21(24)25/h3-7H,8-9H2,1-2H3,(H,19,22). The Morgan fingerprint density at radius 1 is 1.43 bits per heavy atom. The van der Waals surface area contributed by atoms with Crippen LogP contribution in [0.5, 0.6) is 5.75 Å². The molecule has 2 heterocycles. The van der Waals surface area contributed by atoms with Crippen LogP contribution < -0.4 is 15.7 Å². The molecule has 3 aromatic rings. The second-order valence-corrected chi connectivity index (χ2v) is 7.61. The molecule has 0 fully saturated rings. The molecule has 28 heavy (non-hydrogen) atoms. The number of nitrogens with zero attached hydrogens (tertiary/aromatic N) is 3. The summed E-state index contributed by atoms with van der Waals surface area (Å²) >= 11 is 2.64. The predicted octanol–water partition coefficient (Wildman–Crippen LogP) is 2.69. The monoisotopic (exact) mass is 420 g/mol. The summed E-state index contributed by atoms with van der Waals surface area (Å²) in [5.74, 6) is 0.683. The van der Waals surface area contributed by atoms with E-state index in [1.165, 1.54) is 42.3 Å². The molecule has 1 N–H and O–H groups in total. The molecule has 0 unspecified atom stereocenters. The van der Waals surface area contributed by atoms with Crippen molar-refractivity contribution in [1.29, 1.82) is 0 Å². The third-order valence-electron chi connectivity index (χ3n) is 3.84. The number of amides is 1. The lowest BCUT2D eigenvalue weighted by atomic mass is 10.2. The number of fused-ring (bicyclic) bond motifs is 1. The third-order valence-corrected chi connectivity index (χ3v) is 5.65. The summed E-state index contributed by atoms with van der Waals surface area (Å²) in [6, 6.07) is 6.33. The number of thiophene rings is 1. The molecule has 1 amide bonds. The number of aryl methyl sites for hydroxylation is 1. The predicted molar refractivity (Wildman–Crippen MR) is 109 cm³/mol. The Morgan fingerprint density at radius 3 is 2.93 bits per heavy atom. The minimum atomic E-state index is -0.511. The molecule has 1 aromatic carbocycles. The van der Waals surface area contributed by atoms with Gasteiger partial charge < -0.3 is 4.74 Å². The zero-order valence-electron chi connectivity index (χ0n) is 15.0. The Balaban J connectivity index is 1.63. The number of ether oxygens (including phenoxy) is 1. The lowest BCUT2D eigenvalue weighted by Gasteiger charge is -2.11. The molecular formula is C17H16N4O5S2. The number of benzene rings is 1. The molecule has 0 aliphatic heterocycles. The number of carbonyl (C=O) groups excluding carboxylic acids is 1. The second kappa shape index (κ2) is 8.40. The van der Waals surface area contributed by atoms with E-state index in [4.69, 9.17) is 4.74 Å². The highest BCUT2D eigenvalue weighted by molar-refractivity contribution is 7.99. The number of nitro benzene ring substituents is 1. The fraction of sp³-hybridized carbons (Fsp3) is 0.235. The Kier molecular flexibility index (Phi) is 5.95. The van der Waals surface area contributed by atoms with Crippen LogP contribution in [0.1, 0.15) is 11.4 Å². The van der Waals surface area contributed by atoms with Crippen LogP contribution in [0, 0.1) is 17.0 Å². The topological polar surface area (TPSA) is 116 Å². The van der Waals surface area contributed by atoms with Crippen molar-refractivity contribution in [3.63, 3.8) is 0 Å². The summed E-state index contributed by atoms with van der Waals surface area (Å²) in [7, 11) is 1.37. The van der Waals surface area contributed by atoms with Gasteiger partial charge >= 0.3 is 5.69 Å². The fourth-order valence-corrected chi connectivity index (χ4v) is 4.10. The minimum Gasteiger partial charge on any atom is -0.490 e. The number of carbonyl (C=O) groups is 1. The number of hydrogen-bond acceptors (Lipinski definition) is 8. The summed E-state index contributed by atoms with van der Waals surface area (Å²) in [6.45, 7) is 1.64. The zero-order chi connectivity index (χ0) is 20.3. The first-order valence-corrected chi connectivity index (χ1v) is 10.1. The van der Waals surface area contributed by atoms with E-state index in [0.29, 0.717) is 27.4 Å². The molecule has 11 heteroatoms. The van der Waals surface area contributed by atoms with Crippen LogP contribution in [-0.4, -0.2) is 33.4 Å². The number of rotatable bonds is 7. The number of aromatic nitrogens is 2. The highest BCUT2D eigenvalue weighted by atomic mass is 32.2. The lowest BCUT2D eigenvalue weighted by Crippen LogP contribution is -2.36. The van der Waals surface area contributed by atoms with Gasteiger partial charge in [0.2, 0.25) is 5.91 Å². The smallest absolute Gasteiger partial charge is 0.311 e. The van der Waals surface area contributed by atoms with Gasteiger partial charge in [-0.2, -0.15) is 0 Å². The van der Waals surface area contributed by atoms with Crippen molar-refractivity contribution in [3.8, 4) is 5.75 Å². The van der Waals surface area contributed by atoms with Gasteiger partial charge in [-0.3, -0.25) is 25.1 Å². The van der Waals surface area contributed by atoms with E-state index >= 15 is 0 Å². The van der Waals surface area contributed by atoms with Crippen LogP contribution in [-0.2, 0) is 10.5 Å². The average Bonchev–Trinajstić information content (AvgIpc) is 3.13.